The fourth-order valence-corrected chi connectivity index (χ4v) is 5.04. The van der Waals surface area contributed by atoms with Crippen molar-refractivity contribution in [1.29, 1.82) is 0 Å². The lowest BCUT2D eigenvalue weighted by Crippen LogP contribution is -2.44. The average molecular weight is 487 g/mol. The van der Waals surface area contributed by atoms with Crippen molar-refractivity contribution in [2.45, 2.75) is 44.4 Å². The molecule has 2 aliphatic rings. The van der Waals surface area contributed by atoms with E-state index in [0.29, 0.717) is 5.69 Å². The first-order valence-corrected chi connectivity index (χ1v) is 12.1. The van der Waals surface area contributed by atoms with Crippen LogP contribution in [0.4, 0.5) is 18.9 Å². The number of hydrogen-bond donors (Lipinski definition) is 1. The van der Waals surface area contributed by atoms with E-state index >= 15 is 0 Å². The first-order valence-electron chi connectivity index (χ1n) is 12.1. The Hall–Kier alpha value is -2.98. The second-order valence-corrected chi connectivity index (χ2v) is 9.34. The third kappa shape index (κ3) is 5.65. The minimum Gasteiger partial charge on any atom is -0.321 e. The molecule has 1 aromatic carbocycles. The monoisotopic (exact) mass is 486 g/mol. The minimum absolute atomic E-state index is 0.288. The van der Waals surface area contributed by atoms with Crippen LogP contribution in [0.2, 0.25) is 0 Å². The second kappa shape index (κ2) is 9.94. The van der Waals surface area contributed by atoms with Crippen molar-refractivity contribution in [3.63, 3.8) is 0 Å². The van der Waals surface area contributed by atoms with Gasteiger partial charge >= 0.3 is 6.18 Å². The van der Waals surface area contributed by atoms with Crippen molar-refractivity contribution in [3.8, 4) is 0 Å². The smallest absolute Gasteiger partial charge is 0.321 e. The van der Waals surface area contributed by atoms with Crippen LogP contribution < -0.4 is 5.32 Å². The SMILES string of the molecule is O=C(Nc1ccc2nn(CCN3CCC(N4CCCC4)CC3)cc2c1)c1cccc(C(F)(F)F)n1. The fourth-order valence-electron chi connectivity index (χ4n) is 5.04. The lowest BCUT2D eigenvalue weighted by atomic mass is 10.0. The number of likely N-dealkylation sites (tertiary alicyclic amines) is 2. The van der Waals surface area contributed by atoms with Gasteiger partial charge in [-0.05, 0) is 82.2 Å². The lowest BCUT2D eigenvalue weighted by molar-refractivity contribution is -0.141. The van der Waals surface area contributed by atoms with Gasteiger partial charge in [0.1, 0.15) is 11.4 Å². The molecule has 35 heavy (non-hydrogen) atoms. The van der Waals surface area contributed by atoms with Crippen molar-refractivity contribution in [2.24, 2.45) is 0 Å². The van der Waals surface area contributed by atoms with Crippen molar-refractivity contribution in [2.75, 3.05) is 38.0 Å². The Kier molecular flexibility index (Phi) is 6.75. The summed E-state index contributed by atoms with van der Waals surface area (Å²) in [6.45, 7) is 6.45. The third-order valence-electron chi connectivity index (χ3n) is 6.94. The van der Waals surface area contributed by atoms with Crippen LogP contribution in [-0.2, 0) is 12.7 Å². The van der Waals surface area contributed by atoms with E-state index in [2.05, 4.69) is 25.2 Å². The minimum atomic E-state index is -4.60. The van der Waals surface area contributed by atoms with Gasteiger partial charge in [-0.2, -0.15) is 18.3 Å². The molecule has 2 aromatic heterocycles. The molecule has 186 valence electrons. The Morgan fingerprint density at radius 3 is 2.54 bits per heavy atom. The highest BCUT2D eigenvalue weighted by molar-refractivity contribution is 6.03. The van der Waals surface area contributed by atoms with Crippen LogP contribution in [0.3, 0.4) is 0 Å². The molecule has 0 bridgehead atoms. The number of carbonyl (C=O) groups excluding carboxylic acids is 1. The molecule has 7 nitrogen and oxygen atoms in total. The number of alkyl halides is 3. The van der Waals surface area contributed by atoms with E-state index in [1.807, 2.05) is 10.9 Å². The van der Waals surface area contributed by atoms with Crippen LogP contribution >= 0.6 is 0 Å². The number of carbonyl (C=O) groups is 1. The number of nitrogens with zero attached hydrogens (tertiary/aromatic N) is 5. The zero-order valence-corrected chi connectivity index (χ0v) is 19.5. The molecule has 2 aliphatic heterocycles. The maximum Gasteiger partial charge on any atom is 0.433 e. The zero-order chi connectivity index (χ0) is 24.4. The summed E-state index contributed by atoms with van der Waals surface area (Å²) in [6, 6.07) is 9.26. The topological polar surface area (TPSA) is 66.3 Å². The summed E-state index contributed by atoms with van der Waals surface area (Å²) < 4.78 is 40.6. The van der Waals surface area contributed by atoms with Gasteiger partial charge in [-0.25, -0.2) is 4.98 Å². The molecule has 2 saturated heterocycles. The number of anilines is 1. The largest absolute Gasteiger partial charge is 0.433 e. The second-order valence-electron chi connectivity index (χ2n) is 9.34. The van der Waals surface area contributed by atoms with Gasteiger partial charge in [-0.15, -0.1) is 0 Å². The maximum absolute atomic E-state index is 12.9. The number of rotatable bonds is 6. The third-order valence-corrected chi connectivity index (χ3v) is 6.94. The van der Waals surface area contributed by atoms with Gasteiger partial charge in [-0.1, -0.05) is 6.07 Å². The number of hydrogen-bond acceptors (Lipinski definition) is 5. The van der Waals surface area contributed by atoms with E-state index in [4.69, 9.17) is 0 Å². The highest BCUT2D eigenvalue weighted by Gasteiger charge is 2.33. The van der Waals surface area contributed by atoms with Gasteiger partial charge in [-0.3, -0.25) is 9.48 Å². The zero-order valence-electron chi connectivity index (χ0n) is 19.5. The molecule has 2 fully saturated rings. The van der Waals surface area contributed by atoms with E-state index in [-0.39, 0.29) is 5.69 Å². The van der Waals surface area contributed by atoms with Crippen LogP contribution in [0.1, 0.15) is 41.9 Å². The number of aromatic nitrogens is 3. The molecule has 4 heterocycles. The van der Waals surface area contributed by atoms with Gasteiger partial charge < -0.3 is 15.1 Å². The predicted octanol–water partition coefficient (Wildman–Crippen LogP) is 4.26. The van der Waals surface area contributed by atoms with Crippen molar-refractivity contribution in [1.82, 2.24) is 24.6 Å². The number of fused-ring (bicyclic) bond motifs is 1. The van der Waals surface area contributed by atoms with E-state index in [9.17, 15) is 18.0 Å². The van der Waals surface area contributed by atoms with Gasteiger partial charge in [0.05, 0.1) is 12.1 Å². The molecule has 0 radical (unpaired) electrons. The Morgan fingerprint density at radius 1 is 1.03 bits per heavy atom. The first kappa shape index (κ1) is 23.7. The number of amides is 1. The first-order chi connectivity index (χ1) is 16.8. The lowest BCUT2D eigenvalue weighted by Gasteiger charge is -2.36. The fraction of sp³-hybridized carbons (Fsp3) is 0.480. The summed E-state index contributed by atoms with van der Waals surface area (Å²) in [6.07, 6.45) is 2.45. The van der Waals surface area contributed by atoms with E-state index < -0.39 is 17.8 Å². The summed E-state index contributed by atoms with van der Waals surface area (Å²) in [7, 11) is 0. The molecule has 5 rings (SSSR count). The number of piperidine rings is 1. The summed E-state index contributed by atoms with van der Waals surface area (Å²) >= 11 is 0. The van der Waals surface area contributed by atoms with Crippen molar-refractivity contribution in [3.05, 3.63) is 54.0 Å². The maximum atomic E-state index is 12.9. The molecule has 0 saturated carbocycles. The predicted molar refractivity (Wildman–Crippen MR) is 127 cm³/mol. The number of halogens is 3. The van der Waals surface area contributed by atoms with Crippen molar-refractivity contribution < 1.29 is 18.0 Å². The molecular formula is C25H29F3N6O. The van der Waals surface area contributed by atoms with E-state index in [1.54, 1.807) is 18.2 Å². The normalized spacial score (nSPS) is 18.4. The van der Waals surface area contributed by atoms with Crippen LogP contribution in [0.25, 0.3) is 10.9 Å². The van der Waals surface area contributed by atoms with E-state index in [1.165, 1.54) is 50.9 Å². The quantitative estimate of drug-likeness (QED) is 0.564. The van der Waals surface area contributed by atoms with Crippen LogP contribution in [0.5, 0.6) is 0 Å². The Labute approximate surface area is 201 Å². The highest BCUT2D eigenvalue weighted by Crippen LogP contribution is 2.27. The Bertz CT molecular complexity index is 1180. The molecular weight excluding hydrogens is 457 g/mol. The summed E-state index contributed by atoms with van der Waals surface area (Å²) in [4.78, 5) is 21.0. The summed E-state index contributed by atoms with van der Waals surface area (Å²) in [5.74, 6) is -0.694. The number of pyridine rings is 1. The highest BCUT2D eigenvalue weighted by atomic mass is 19.4. The van der Waals surface area contributed by atoms with Gasteiger partial charge in [0.25, 0.3) is 5.91 Å². The Morgan fingerprint density at radius 2 is 1.80 bits per heavy atom. The number of benzene rings is 1. The van der Waals surface area contributed by atoms with Crippen LogP contribution in [0.15, 0.2) is 42.6 Å². The molecule has 0 atom stereocenters. The standard InChI is InChI=1S/C25H29F3N6O/c26-25(27,28)23-5-3-4-22(30-23)24(35)29-19-6-7-21-18(16-19)17-34(31-21)15-14-32-12-8-20(9-13-32)33-10-1-2-11-33/h3-7,16-17,20H,1-2,8-15H2,(H,29,35). The molecule has 1 amide bonds. The molecule has 0 aliphatic carbocycles. The van der Waals surface area contributed by atoms with Crippen LogP contribution in [-0.4, -0.2) is 69.2 Å². The molecule has 1 N–H and O–H groups in total. The van der Waals surface area contributed by atoms with E-state index in [0.717, 1.165) is 49.2 Å². The summed E-state index contributed by atoms with van der Waals surface area (Å²) in [5.41, 5.74) is -0.107. The molecule has 0 spiro atoms. The van der Waals surface area contributed by atoms with Gasteiger partial charge in [0, 0.05) is 29.9 Å². The summed E-state index contributed by atoms with van der Waals surface area (Å²) in [5, 5.41) is 8.11. The van der Waals surface area contributed by atoms with Crippen molar-refractivity contribution >= 4 is 22.5 Å². The molecule has 0 unspecified atom stereocenters. The number of nitrogens with one attached hydrogen (secondary N) is 1. The average Bonchev–Trinajstić information content (AvgIpc) is 3.52. The Balaban J connectivity index is 1.17. The molecule has 10 heteroatoms. The van der Waals surface area contributed by atoms with Gasteiger partial charge in [0.2, 0.25) is 0 Å². The molecule has 3 aromatic rings. The van der Waals surface area contributed by atoms with Crippen LogP contribution in [0, 0.1) is 0 Å². The van der Waals surface area contributed by atoms with Gasteiger partial charge in [0.15, 0.2) is 0 Å².